The molecule has 3 atom stereocenters. The van der Waals surface area contributed by atoms with Gasteiger partial charge in [0, 0.05) is 30.2 Å². The largest absolute Gasteiger partial charge is 0.351 e. The monoisotopic (exact) mass is 421 g/mol. The minimum atomic E-state index is -0.660. The number of Topliss-reactive ketones (excluding diaryl/α,β-unsaturated/α-hetero) is 1. The Morgan fingerprint density at radius 3 is 2.77 bits per heavy atom. The summed E-state index contributed by atoms with van der Waals surface area (Å²) in [5.74, 6) is -0.449. The number of urea groups is 1. The molecule has 31 heavy (non-hydrogen) atoms. The molecule has 8 nitrogen and oxygen atoms in total. The van der Waals surface area contributed by atoms with E-state index in [4.69, 9.17) is 5.73 Å². The van der Waals surface area contributed by atoms with E-state index in [1.807, 2.05) is 0 Å². The Hall–Kier alpha value is -3.75. The van der Waals surface area contributed by atoms with Gasteiger partial charge in [-0.3, -0.25) is 14.3 Å². The summed E-state index contributed by atoms with van der Waals surface area (Å²) in [4.78, 5) is 43.1. The quantitative estimate of drug-likeness (QED) is 0.675. The van der Waals surface area contributed by atoms with Gasteiger partial charge >= 0.3 is 12.1 Å². The number of para-hydroxylation sites is 1. The van der Waals surface area contributed by atoms with E-state index in [2.05, 4.69) is 10.3 Å². The molecule has 0 bridgehead atoms. The molecule has 3 aromatic rings. The number of anilines is 1. The van der Waals surface area contributed by atoms with E-state index in [0.717, 1.165) is 12.6 Å². The molecule has 3 N–H and O–H groups in total. The Bertz CT molecular complexity index is 1220. The number of hydrogen-bond donors (Lipinski definition) is 2. The van der Waals surface area contributed by atoms with Crippen molar-refractivity contribution in [1.82, 2.24) is 14.5 Å². The molecular weight excluding hydrogens is 401 g/mol. The van der Waals surface area contributed by atoms with Crippen LogP contribution in [0.3, 0.4) is 0 Å². The van der Waals surface area contributed by atoms with E-state index in [1.165, 1.54) is 23.0 Å². The number of likely N-dealkylation sites (tertiary alicyclic amines) is 1. The third-order valence-corrected chi connectivity index (χ3v) is 6.12. The number of benzene rings is 1. The van der Waals surface area contributed by atoms with Crippen LogP contribution in [0.15, 0.2) is 48.9 Å². The Kier molecular flexibility index (Phi) is 4.46. The highest BCUT2D eigenvalue weighted by molar-refractivity contribution is 6.05. The second-order valence-corrected chi connectivity index (χ2v) is 8.03. The summed E-state index contributed by atoms with van der Waals surface area (Å²) in [6.07, 6.45) is 5.33. The van der Waals surface area contributed by atoms with Crippen molar-refractivity contribution in [3.05, 3.63) is 60.3 Å². The van der Waals surface area contributed by atoms with Gasteiger partial charge in [0.25, 0.3) is 0 Å². The number of fused-ring (bicyclic) bond motifs is 2. The van der Waals surface area contributed by atoms with Crippen LogP contribution in [0.5, 0.6) is 0 Å². The Morgan fingerprint density at radius 1 is 1.19 bits per heavy atom. The molecule has 0 radical (unpaired) electrons. The number of ketones is 1. The molecule has 3 heterocycles. The van der Waals surface area contributed by atoms with E-state index >= 15 is 0 Å². The molecule has 1 saturated heterocycles. The number of primary amides is 1. The molecule has 2 unspecified atom stereocenters. The highest BCUT2D eigenvalue weighted by Gasteiger charge is 2.55. The highest BCUT2D eigenvalue weighted by atomic mass is 19.1. The topological polar surface area (TPSA) is 110 Å². The van der Waals surface area contributed by atoms with Gasteiger partial charge in [-0.2, -0.15) is 0 Å². The molecule has 2 aromatic heterocycles. The number of rotatable bonds is 4. The predicted molar refractivity (Wildman–Crippen MR) is 111 cm³/mol. The van der Waals surface area contributed by atoms with Gasteiger partial charge in [0.15, 0.2) is 5.78 Å². The lowest BCUT2D eigenvalue weighted by Gasteiger charge is -2.27. The summed E-state index contributed by atoms with van der Waals surface area (Å²) in [6, 6.07) is 6.88. The van der Waals surface area contributed by atoms with Crippen molar-refractivity contribution in [3.8, 4) is 0 Å². The summed E-state index contributed by atoms with van der Waals surface area (Å²) < 4.78 is 15.2. The van der Waals surface area contributed by atoms with Crippen molar-refractivity contribution in [2.75, 3.05) is 5.32 Å². The number of aromatic nitrogens is 2. The lowest BCUT2D eigenvalue weighted by Crippen LogP contribution is -2.45. The fourth-order valence-electron chi connectivity index (χ4n) is 4.53. The second kappa shape index (κ2) is 7.19. The third-order valence-electron chi connectivity index (χ3n) is 6.12. The number of carbonyl (C=O) groups is 3. The minimum absolute atomic E-state index is 0.000673. The van der Waals surface area contributed by atoms with Gasteiger partial charge in [0.1, 0.15) is 5.82 Å². The zero-order valence-corrected chi connectivity index (χ0v) is 16.5. The Morgan fingerprint density at radius 2 is 2.00 bits per heavy atom. The molecule has 3 amide bonds. The van der Waals surface area contributed by atoms with Gasteiger partial charge in [-0.05, 0) is 36.5 Å². The molecule has 2 fully saturated rings. The van der Waals surface area contributed by atoms with Crippen LogP contribution in [0.2, 0.25) is 0 Å². The van der Waals surface area contributed by atoms with Crippen LogP contribution in [0.25, 0.3) is 10.9 Å². The van der Waals surface area contributed by atoms with Gasteiger partial charge in [-0.1, -0.05) is 18.2 Å². The van der Waals surface area contributed by atoms with Crippen molar-refractivity contribution in [1.29, 1.82) is 0 Å². The first kappa shape index (κ1) is 19.2. The Labute approximate surface area is 176 Å². The minimum Gasteiger partial charge on any atom is -0.351 e. The summed E-state index contributed by atoms with van der Waals surface area (Å²) in [5.41, 5.74) is 6.73. The molecule has 158 valence electrons. The normalized spacial score (nSPS) is 21.7. The van der Waals surface area contributed by atoms with Crippen LogP contribution < -0.4 is 11.1 Å². The SMILES string of the molecule is NC(=O)n1cc(NC(=O)N2C3CC3C[C@H]2C(=O)Cc2ccncc2F)c2ccccc21. The molecular formula is C22H20FN5O3. The van der Waals surface area contributed by atoms with Gasteiger partial charge in [-0.15, -0.1) is 0 Å². The number of pyridine rings is 1. The maximum atomic E-state index is 13.9. The highest BCUT2D eigenvalue weighted by Crippen LogP contribution is 2.48. The maximum absolute atomic E-state index is 13.9. The van der Waals surface area contributed by atoms with Crippen molar-refractivity contribution >= 4 is 34.4 Å². The van der Waals surface area contributed by atoms with Gasteiger partial charge in [0.2, 0.25) is 0 Å². The molecule has 1 aliphatic heterocycles. The first-order valence-electron chi connectivity index (χ1n) is 10.0. The third kappa shape index (κ3) is 3.31. The van der Waals surface area contributed by atoms with E-state index in [1.54, 1.807) is 29.2 Å². The predicted octanol–water partition coefficient (Wildman–Crippen LogP) is 2.91. The molecule has 1 aliphatic carbocycles. The van der Waals surface area contributed by atoms with Crippen molar-refractivity contribution < 1.29 is 18.8 Å². The van der Waals surface area contributed by atoms with Crippen LogP contribution in [-0.4, -0.2) is 44.4 Å². The first-order chi connectivity index (χ1) is 14.9. The van der Waals surface area contributed by atoms with E-state index in [-0.39, 0.29) is 29.7 Å². The maximum Gasteiger partial charge on any atom is 0.323 e. The first-order valence-corrected chi connectivity index (χ1v) is 10.0. The number of piperidine rings is 1. The molecule has 1 saturated carbocycles. The molecule has 5 rings (SSSR count). The fraction of sp³-hybridized carbons (Fsp3) is 0.273. The summed E-state index contributed by atoms with van der Waals surface area (Å²) in [5, 5.41) is 3.51. The zero-order valence-electron chi connectivity index (χ0n) is 16.5. The number of nitrogens with zero attached hydrogens (tertiary/aromatic N) is 3. The van der Waals surface area contributed by atoms with E-state index in [0.29, 0.717) is 23.0 Å². The van der Waals surface area contributed by atoms with Crippen molar-refractivity contribution in [2.24, 2.45) is 11.7 Å². The van der Waals surface area contributed by atoms with Crippen molar-refractivity contribution in [2.45, 2.75) is 31.3 Å². The van der Waals surface area contributed by atoms with Gasteiger partial charge in [0.05, 0.1) is 23.4 Å². The molecule has 0 spiro atoms. The second-order valence-electron chi connectivity index (χ2n) is 8.03. The zero-order chi connectivity index (χ0) is 21.7. The van der Waals surface area contributed by atoms with Crippen molar-refractivity contribution in [3.63, 3.8) is 0 Å². The number of amides is 3. The summed E-state index contributed by atoms with van der Waals surface area (Å²) in [6.45, 7) is 0. The summed E-state index contributed by atoms with van der Waals surface area (Å²) in [7, 11) is 0. The van der Waals surface area contributed by atoms with Crippen LogP contribution in [0.1, 0.15) is 18.4 Å². The van der Waals surface area contributed by atoms with Crippen LogP contribution in [-0.2, 0) is 11.2 Å². The summed E-state index contributed by atoms with van der Waals surface area (Å²) >= 11 is 0. The van der Waals surface area contributed by atoms with Crippen LogP contribution >= 0.6 is 0 Å². The average Bonchev–Trinajstić information content (AvgIpc) is 3.25. The lowest BCUT2D eigenvalue weighted by atomic mass is 10.0. The van der Waals surface area contributed by atoms with Gasteiger partial charge in [-0.25, -0.2) is 14.0 Å². The number of carbonyl (C=O) groups excluding carboxylic acids is 3. The molecule has 9 heteroatoms. The standard InChI is InChI=1S/C22H20FN5O3/c23-15-10-25-6-5-12(15)9-20(29)19-8-13-7-18(13)28(19)22(31)26-16-11-27(21(24)30)17-4-2-1-3-14(16)17/h1-6,10-11,13,18-19H,7-9H2,(H2,24,30)(H,26,31)/t13?,18?,19-/m0/s1. The average molecular weight is 421 g/mol. The number of hydrogen-bond acceptors (Lipinski definition) is 4. The van der Waals surface area contributed by atoms with E-state index in [9.17, 15) is 18.8 Å². The van der Waals surface area contributed by atoms with Crippen LogP contribution in [0.4, 0.5) is 19.7 Å². The molecule has 2 aliphatic rings. The molecule has 1 aromatic carbocycles. The Balaban J connectivity index is 1.39. The van der Waals surface area contributed by atoms with E-state index < -0.39 is 23.9 Å². The number of nitrogens with one attached hydrogen (secondary N) is 1. The number of nitrogens with two attached hydrogens (primary N) is 1. The van der Waals surface area contributed by atoms with Gasteiger partial charge < -0.3 is 16.0 Å². The lowest BCUT2D eigenvalue weighted by molar-refractivity contribution is -0.122. The van der Waals surface area contributed by atoms with Crippen LogP contribution in [0, 0.1) is 11.7 Å². The fourth-order valence-corrected chi connectivity index (χ4v) is 4.53. The number of halogens is 1. The smallest absolute Gasteiger partial charge is 0.323 e.